The van der Waals surface area contributed by atoms with E-state index in [-0.39, 0.29) is 45.2 Å². The number of Topliss-reactive ketones (excluding diaryl/α,β-unsaturated/α-hetero) is 1. The highest BCUT2D eigenvalue weighted by molar-refractivity contribution is 6.31. The van der Waals surface area contributed by atoms with Crippen LogP contribution in [0.2, 0.25) is 5.02 Å². The van der Waals surface area contributed by atoms with Crippen LogP contribution in [0, 0.1) is 22.6 Å². The summed E-state index contributed by atoms with van der Waals surface area (Å²) in [5.74, 6) is -1.40. The monoisotopic (exact) mass is 346 g/mol. The molecule has 2 aliphatic rings. The molecule has 1 aliphatic heterocycles. The fourth-order valence-electron chi connectivity index (χ4n) is 3.36. The Morgan fingerprint density at radius 3 is 2.75 bits per heavy atom. The Hall–Kier alpha value is -2.32. The zero-order valence-corrected chi connectivity index (χ0v) is 14.1. The van der Waals surface area contributed by atoms with Crippen molar-refractivity contribution >= 4 is 17.4 Å². The third-order valence-electron chi connectivity index (χ3n) is 4.36. The SMILES string of the molecule is CC1(C)CC(=O)C2=C(C1)OC(N)=C(C#N)[C@@H]2c1c(F)cccc1Cl. The van der Waals surface area contributed by atoms with Crippen LogP contribution in [0.3, 0.4) is 0 Å². The zero-order valence-electron chi connectivity index (χ0n) is 13.3. The molecule has 0 bridgehead atoms. The number of halogens is 2. The van der Waals surface area contributed by atoms with Crippen LogP contribution >= 0.6 is 11.6 Å². The summed E-state index contributed by atoms with van der Waals surface area (Å²) >= 11 is 6.18. The summed E-state index contributed by atoms with van der Waals surface area (Å²) in [4.78, 5) is 12.7. The van der Waals surface area contributed by atoms with Crippen molar-refractivity contribution in [3.63, 3.8) is 0 Å². The van der Waals surface area contributed by atoms with Crippen LogP contribution in [0.15, 0.2) is 41.0 Å². The predicted molar refractivity (Wildman–Crippen MR) is 87.1 cm³/mol. The molecule has 3 rings (SSSR count). The van der Waals surface area contributed by atoms with Gasteiger partial charge in [0.1, 0.15) is 23.2 Å². The van der Waals surface area contributed by atoms with Crippen LogP contribution in [0.5, 0.6) is 0 Å². The van der Waals surface area contributed by atoms with Crippen molar-refractivity contribution in [3.05, 3.63) is 57.4 Å². The van der Waals surface area contributed by atoms with E-state index >= 15 is 0 Å². The highest BCUT2D eigenvalue weighted by Gasteiger charge is 2.44. The fraction of sp³-hybridized carbons (Fsp3) is 0.333. The molecule has 2 N–H and O–H groups in total. The molecule has 0 fully saturated rings. The van der Waals surface area contributed by atoms with Gasteiger partial charge in [0.25, 0.3) is 0 Å². The first-order valence-electron chi connectivity index (χ1n) is 7.53. The van der Waals surface area contributed by atoms with Gasteiger partial charge in [0.05, 0.1) is 5.92 Å². The van der Waals surface area contributed by atoms with Crippen molar-refractivity contribution in [2.45, 2.75) is 32.6 Å². The molecule has 1 atom stereocenters. The number of nitriles is 1. The van der Waals surface area contributed by atoms with Crippen LogP contribution in [0.4, 0.5) is 4.39 Å². The largest absolute Gasteiger partial charge is 0.444 e. The third-order valence-corrected chi connectivity index (χ3v) is 4.69. The number of carbonyl (C=O) groups excluding carboxylic acids is 1. The second-order valence-electron chi connectivity index (χ2n) is 6.84. The molecule has 0 saturated heterocycles. The number of hydrogen-bond donors (Lipinski definition) is 1. The quantitative estimate of drug-likeness (QED) is 0.835. The van der Waals surface area contributed by atoms with E-state index in [0.29, 0.717) is 12.2 Å². The molecule has 4 nitrogen and oxygen atoms in total. The van der Waals surface area contributed by atoms with Gasteiger partial charge in [-0.2, -0.15) is 5.26 Å². The average Bonchev–Trinajstić information content (AvgIpc) is 2.44. The van der Waals surface area contributed by atoms with Gasteiger partial charge in [-0.1, -0.05) is 31.5 Å². The Morgan fingerprint density at radius 1 is 1.42 bits per heavy atom. The number of ketones is 1. The number of nitrogens with zero attached hydrogens (tertiary/aromatic N) is 1. The Bertz CT molecular complexity index is 829. The van der Waals surface area contributed by atoms with Crippen molar-refractivity contribution in [1.29, 1.82) is 5.26 Å². The highest BCUT2D eigenvalue weighted by atomic mass is 35.5. The van der Waals surface area contributed by atoms with Crippen molar-refractivity contribution < 1.29 is 13.9 Å². The molecular formula is C18H16ClFN2O2. The Balaban J connectivity index is 2.27. The van der Waals surface area contributed by atoms with Gasteiger partial charge in [0.15, 0.2) is 5.78 Å². The van der Waals surface area contributed by atoms with E-state index in [1.165, 1.54) is 18.2 Å². The van der Waals surface area contributed by atoms with E-state index in [0.717, 1.165) is 0 Å². The smallest absolute Gasteiger partial charge is 0.205 e. The summed E-state index contributed by atoms with van der Waals surface area (Å²) in [5.41, 5.74) is 5.97. The maximum atomic E-state index is 14.5. The molecule has 1 aromatic carbocycles. The topological polar surface area (TPSA) is 76.1 Å². The van der Waals surface area contributed by atoms with Crippen molar-refractivity contribution in [2.24, 2.45) is 11.1 Å². The molecular weight excluding hydrogens is 331 g/mol. The molecule has 0 aromatic heterocycles. The number of benzene rings is 1. The molecule has 1 heterocycles. The molecule has 124 valence electrons. The van der Waals surface area contributed by atoms with Crippen molar-refractivity contribution in [2.75, 3.05) is 0 Å². The van der Waals surface area contributed by atoms with Crippen LogP contribution in [0.25, 0.3) is 0 Å². The molecule has 1 aliphatic carbocycles. The lowest BCUT2D eigenvalue weighted by Crippen LogP contribution is -2.33. The van der Waals surface area contributed by atoms with Gasteiger partial charge in [-0.05, 0) is 17.5 Å². The Kier molecular flexibility index (Phi) is 3.89. The molecule has 0 unspecified atom stereocenters. The lowest BCUT2D eigenvalue weighted by atomic mass is 9.70. The van der Waals surface area contributed by atoms with Crippen LogP contribution < -0.4 is 5.73 Å². The number of nitrogens with two attached hydrogens (primary N) is 1. The molecule has 0 saturated carbocycles. The predicted octanol–water partition coefficient (Wildman–Crippen LogP) is 3.93. The van der Waals surface area contributed by atoms with E-state index < -0.39 is 11.7 Å². The molecule has 6 heteroatoms. The first-order valence-corrected chi connectivity index (χ1v) is 7.90. The number of allylic oxidation sites excluding steroid dienone is 3. The maximum Gasteiger partial charge on any atom is 0.205 e. The van der Waals surface area contributed by atoms with Gasteiger partial charge >= 0.3 is 0 Å². The van der Waals surface area contributed by atoms with Gasteiger partial charge in [0.2, 0.25) is 5.88 Å². The maximum absolute atomic E-state index is 14.5. The minimum absolute atomic E-state index is 0.00815. The first kappa shape index (κ1) is 16.5. The summed E-state index contributed by atoms with van der Waals surface area (Å²) in [5, 5.41) is 9.63. The summed E-state index contributed by atoms with van der Waals surface area (Å²) in [6, 6.07) is 6.20. The summed E-state index contributed by atoms with van der Waals surface area (Å²) < 4.78 is 20.0. The summed E-state index contributed by atoms with van der Waals surface area (Å²) in [6.45, 7) is 3.89. The van der Waals surface area contributed by atoms with Crippen LogP contribution in [-0.2, 0) is 9.53 Å². The van der Waals surface area contributed by atoms with E-state index in [2.05, 4.69) is 0 Å². The number of hydrogen-bond acceptors (Lipinski definition) is 4. The Labute approximate surface area is 144 Å². The second kappa shape index (κ2) is 5.64. The average molecular weight is 347 g/mol. The van der Waals surface area contributed by atoms with Gasteiger partial charge in [-0.25, -0.2) is 4.39 Å². The standard InChI is InChI=1S/C18H16ClFN2O2/c1-18(2)6-12(23)16-13(7-18)24-17(22)9(8-21)14(16)15-10(19)4-3-5-11(15)20/h3-5,14H,6-7,22H2,1-2H3/t14-/m1/s1. The van der Waals surface area contributed by atoms with Crippen LogP contribution in [0.1, 0.15) is 38.2 Å². The second-order valence-corrected chi connectivity index (χ2v) is 7.25. The van der Waals surface area contributed by atoms with E-state index in [9.17, 15) is 14.4 Å². The minimum Gasteiger partial charge on any atom is -0.444 e. The normalized spacial score (nSPS) is 22.8. The van der Waals surface area contributed by atoms with E-state index in [4.69, 9.17) is 22.1 Å². The number of rotatable bonds is 1. The lowest BCUT2D eigenvalue weighted by molar-refractivity contribution is -0.119. The minimum atomic E-state index is -0.934. The van der Waals surface area contributed by atoms with Gasteiger partial charge in [-0.15, -0.1) is 0 Å². The molecule has 1 aromatic rings. The molecule has 0 radical (unpaired) electrons. The summed E-state index contributed by atoms with van der Waals surface area (Å²) in [6.07, 6.45) is 0.770. The van der Waals surface area contributed by atoms with Crippen LogP contribution in [-0.4, -0.2) is 5.78 Å². The highest BCUT2D eigenvalue weighted by Crippen LogP contribution is 2.49. The van der Waals surface area contributed by atoms with Crippen molar-refractivity contribution in [1.82, 2.24) is 0 Å². The molecule has 0 spiro atoms. The summed E-state index contributed by atoms with van der Waals surface area (Å²) in [7, 11) is 0. The molecule has 24 heavy (non-hydrogen) atoms. The van der Waals surface area contributed by atoms with Gasteiger partial charge in [-0.3, -0.25) is 4.79 Å². The number of carbonyl (C=O) groups is 1. The first-order chi connectivity index (χ1) is 11.2. The van der Waals surface area contributed by atoms with Gasteiger partial charge in [0, 0.05) is 29.0 Å². The van der Waals surface area contributed by atoms with Gasteiger partial charge < -0.3 is 10.5 Å². The van der Waals surface area contributed by atoms with Crippen molar-refractivity contribution in [3.8, 4) is 6.07 Å². The fourth-order valence-corrected chi connectivity index (χ4v) is 3.63. The van der Waals surface area contributed by atoms with E-state index in [1.54, 1.807) is 0 Å². The van der Waals surface area contributed by atoms with E-state index in [1.807, 2.05) is 19.9 Å². The Morgan fingerprint density at radius 2 is 2.12 bits per heavy atom. The molecule has 0 amide bonds. The zero-order chi connectivity index (χ0) is 17.6. The third kappa shape index (κ3) is 2.57. The lowest BCUT2D eigenvalue weighted by Gasteiger charge is -2.37. The number of ether oxygens (including phenoxy) is 1.